The predicted octanol–water partition coefficient (Wildman–Crippen LogP) is 24.2. The summed E-state index contributed by atoms with van der Waals surface area (Å²) in [5.74, 6) is 0.943. The highest BCUT2D eigenvalue weighted by atomic mass is 32.1. The number of para-hydroxylation sites is 1. The summed E-state index contributed by atoms with van der Waals surface area (Å²) < 4.78 is 13.2. The van der Waals surface area contributed by atoms with Crippen LogP contribution in [0.25, 0.3) is 108 Å². The van der Waals surface area contributed by atoms with E-state index in [1.807, 2.05) is 225 Å². The molecule has 0 aliphatic rings. The minimum absolute atomic E-state index is 0.943. The van der Waals surface area contributed by atoms with E-state index in [0.29, 0.717) is 0 Å². The van der Waals surface area contributed by atoms with Crippen molar-refractivity contribution in [2.24, 2.45) is 35.2 Å². The van der Waals surface area contributed by atoms with Crippen molar-refractivity contribution >= 4 is 85.8 Å². The van der Waals surface area contributed by atoms with Crippen LogP contribution in [0, 0.1) is 55.4 Å². The second-order valence-corrected chi connectivity index (χ2v) is 22.5. The molecule has 0 unspecified atom stereocenters. The largest absolute Gasteiger partial charge is 0.344 e. The lowest BCUT2D eigenvalue weighted by molar-refractivity contribution is -0.666. The summed E-state index contributed by atoms with van der Waals surface area (Å²) in [6, 6.07) is 45.4. The molecule has 14 aromatic rings. The highest BCUT2D eigenvalue weighted by Crippen LogP contribution is 2.41. The van der Waals surface area contributed by atoms with Crippen molar-refractivity contribution in [1.82, 2.24) is 29.5 Å². The summed E-state index contributed by atoms with van der Waals surface area (Å²) in [5, 5.41) is 12.0. The molecule has 0 fully saturated rings. The first-order valence-electron chi connectivity index (χ1n) is 37.4. The van der Waals surface area contributed by atoms with Gasteiger partial charge in [-0.3, -0.25) is 0 Å². The number of fused-ring (bicyclic) bond motifs is 12. The molecular formula is C90H128N10S+4. The minimum atomic E-state index is 0.943. The highest BCUT2D eigenvalue weighted by molar-refractivity contribution is 7.25. The molecule has 14 rings (SSSR count). The molecule has 0 saturated heterocycles. The maximum absolute atomic E-state index is 4.48. The van der Waals surface area contributed by atoms with Crippen LogP contribution in [-0.2, 0) is 35.2 Å². The maximum Gasteiger partial charge on any atom is 0.286 e. The van der Waals surface area contributed by atoms with E-state index >= 15 is 0 Å². The Balaban J connectivity index is 0.000000626. The Morgan fingerprint density at radius 3 is 1.33 bits per heavy atom. The van der Waals surface area contributed by atoms with Crippen molar-refractivity contribution in [2.45, 2.75) is 194 Å². The fourth-order valence-corrected chi connectivity index (χ4v) is 13.0. The van der Waals surface area contributed by atoms with E-state index in [1.54, 1.807) is 12.7 Å². The maximum atomic E-state index is 4.48. The smallest absolute Gasteiger partial charge is 0.286 e. The molecule has 6 aromatic heterocycles. The zero-order valence-electron chi connectivity index (χ0n) is 68.6. The van der Waals surface area contributed by atoms with Gasteiger partial charge in [0.25, 0.3) is 31.1 Å². The lowest BCUT2D eigenvalue weighted by atomic mass is 9.86. The molecule has 8 aromatic carbocycles. The highest BCUT2D eigenvalue weighted by Gasteiger charge is 2.22. The molecule has 0 saturated carbocycles. The SMILES string of the molecule is CC.CC.CC.CC.CC.CC.CC.CC.CC.CC.Cc1c(C)c(C)c2c3cnc[n+](C)c3c3c(C)cccc3c2c1C.Cc1cc2c(cc1-c1ccnc[n+]1C)c1ccccc1n2C.Cc1cc2sc3ccccc3c2cc1-c1ccnc[n+]1C.Cc1ccccc1-c1ncnc[n+]1C. The number of hydrogen-bond donors (Lipinski definition) is 0. The molecule has 0 amide bonds. The van der Waals surface area contributed by atoms with E-state index in [0.717, 1.165) is 11.4 Å². The first-order chi connectivity index (χ1) is 49.1. The number of benzene rings is 8. The number of hydrogen-bond acceptors (Lipinski definition) is 6. The fourth-order valence-electron chi connectivity index (χ4n) is 11.8. The van der Waals surface area contributed by atoms with Crippen LogP contribution in [0.4, 0.5) is 0 Å². The van der Waals surface area contributed by atoms with Crippen LogP contribution in [0.2, 0.25) is 0 Å². The van der Waals surface area contributed by atoms with Crippen LogP contribution in [-0.4, -0.2) is 29.5 Å². The van der Waals surface area contributed by atoms with Gasteiger partial charge in [-0.25, -0.2) is 18.3 Å². The van der Waals surface area contributed by atoms with Crippen LogP contribution in [0.15, 0.2) is 178 Å². The van der Waals surface area contributed by atoms with E-state index in [9.17, 15) is 0 Å². The van der Waals surface area contributed by atoms with Crippen LogP contribution < -0.4 is 18.3 Å². The second-order valence-electron chi connectivity index (χ2n) is 21.4. The average molecular weight is 1380 g/mol. The summed E-state index contributed by atoms with van der Waals surface area (Å²) in [6.45, 7) is 57.6. The molecule has 0 bridgehead atoms. The van der Waals surface area contributed by atoms with E-state index in [-0.39, 0.29) is 0 Å². The van der Waals surface area contributed by atoms with E-state index < -0.39 is 0 Å². The molecule has 6 heterocycles. The van der Waals surface area contributed by atoms with Gasteiger partial charge >= 0.3 is 0 Å². The van der Waals surface area contributed by atoms with Gasteiger partial charge in [0.2, 0.25) is 6.33 Å². The molecule has 10 nitrogen and oxygen atoms in total. The van der Waals surface area contributed by atoms with E-state index in [1.165, 1.54) is 141 Å². The minimum Gasteiger partial charge on any atom is -0.344 e. The number of rotatable bonds is 3. The van der Waals surface area contributed by atoms with Gasteiger partial charge in [0.05, 0.1) is 39.1 Å². The normalized spacial score (nSPS) is 9.63. The molecule has 0 aliphatic heterocycles. The molecular weight excluding hydrogens is 1250 g/mol. The molecule has 0 atom stereocenters. The van der Waals surface area contributed by atoms with Crippen LogP contribution in [0.1, 0.15) is 183 Å². The monoisotopic (exact) mass is 1380 g/mol. The Bertz CT molecular complexity index is 4630. The van der Waals surface area contributed by atoms with Gasteiger partial charge in [-0.2, -0.15) is 0 Å². The molecule has 11 heteroatoms. The molecule has 101 heavy (non-hydrogen) atoms. The fraction of sp³-hybridized carbons (Fsp3) is 0.367. The number of aryl methyl sites for hydroxylation is 11. The molecule has 0 spiro atoms. The molecule has 0 radical (unpaired) electrons. The topological polar surface area (TPSA) is 84.9 Å². The zero-order chi connectivity index (χ0) is 76.8. The van der Waals surface area contributed by atoms with Gasteiger partial charge in [-0.1, -0.05) is 236 Å². The third-order valence-electron chi connectivity index (χ3n) is 16.4. The van der Waals surface area contributed by atoms with Crippen molar-refractivity contribution in [3.05, 3.63) is 222 Å². The number of thiophene rings is 1. The average Bonchev–Trinajstić information content (AvgIpc) is 1.47. The van der Waals surface area contributed by atoms with Gasteiger partial charge < -0.3 is 4.57 Å². The summed E-state index contributed by atoms with van der Waals surface area (Å²) in [4.78, 5) is 21.0. The van der Waals surface area contributed by atoms with Gasteiger partial charge in [-0.05, 0) is 153 Å². The summed E-state index contributed by atoms with van der Waals surface area (Å²) in [6.07, 6.45) is 14.7. The van der Waals surface area contributed by atoms with Gasteiger partial charge in [0.1, 0.15) is 29.3 Å². The first kappa shape index (κ1) is 89.8. The van der Waals surface area contributed by atoms with Crippen molar-refractivity contribution in [3.8, 4) is 33.9 Å². The second kappa shape index (κ2) is 47.0. The zero-order valence-corrected chi connectivity index (χ0v) is 69.4. The third kappa shape index (κ3) is 21.0. The lowest BCUT2D eigenvalue weighted by Gasteiger charge is -2.18. The quantitative estimate of drug-likeness (QED) is 0.130. The Hall–Kier alpha value is -9.19. The summed E-state index contributed by atoms with van der Waals surface area (Å²) in [7, 11) is 10.3. The van der Waals surface area contributed by atoms with Gasteiger partial charge in [-0.15, -0.1) is 11.3 Å². The molecule has 0 aliphatic carbocycles. The lowest BCUT2D eigenvalue weighted by Crippen LogP contribution is -2.32. The summed E-state index contributed by atoms with van der Waals surface area (Å²) in [5.41, 5.74) is 20.5. The molecule has 540 valence electrons. The standard InChI is InChI=1S/C22H23N2.C19H18N3.C18H15N2S.C11H12N3.10C2H6/c1-12-8-7-9-17-19(12)22-18(10-23-11-24(22)6)21-16(5)14(3)13(2)15(4)20(17)21;1-13-10-19-16(14-6-4-5-7-18(14)22(19)3)11-15(13)17-8-9-20-12-21(17)2;1-12-9-18-15(13-5-3-4-6-17(13)21-18)10-14(12)16-7-8-19-11-20(16)2;1-9-5-3-4-6-10(9)11-13-7-12-8-14(11)2;10*1-2/h7-11H,1-6H3;4-12H,1-3H3;3-11H,1-2H3;3-8H,1-2H3;10*1-2H3/q4*+1;;;;;;;;;;. The van der Waals surface area contributed by atoms with Gasteiger partial charge in [0.15, 0.2) is 6.20 Å². The van der Waals surface area contributed by atoms with Crippen LogP contribution in [0.5, 0.6) is 0 Å². The van der Waals surface area contributed by atoms with Crippen molar-refractivity contribution in [1.29, 1.82) is 0 Å². The third-order valence-corrected chi connectivity index (χ3v) is 17.5. The Kier molecular flexibility index (Phi) is 41.8. The summed E-state index contributed by atoms with van der Waals surface area (Å²) >= 11 is 1.86. The Morgan fingerprint density at radius 2 is 0.782 bits per heavy atom. The first-order valence-corrected chi connectivity index (χ1v) is 38.2. The van der Waals surface area contributed by atoms with Gasteiger partial charge in [0, 0.05) is 83.1 Å². The number of nitrogens with zero attached hydrogens (tertiary/aromatic N) is 10. The van der Waals surface area contributed by atoms with Crippen molar-refractivity contribution in [3.63, 3.8) is 0 Å². The van der Waals surface area contributed by atoms with Crippen molar-refractivity contribution in [2.75, 3.05) is 0 Å². The number of aromatic nitrogens is 10. The van der Waals surface area contributed by atoms with E-state index in [2.05, 4.69) is 228 Å². The Labute approximate surface area is 615 Å². The van der Waals surface area contributed by atoms with E-state index in [4.69, 9.17) is 0 Å². The van der Waals surface area contributed by atoms with Crippen LogP contribution >= 0.6 is 11.3 Å². The van der Waals surface area contributed by atoms with Crippen LogP contribution in [0.3, 0.4) is 0 Å². The Morgan fingerprint density at radius 1 is 0.327 bits per heavy atom. The molecule has 0 N–H and O–H groups in total. The van der Waals surface area contributed by atoms with Crippen molar-refractivity contribution < 1.29 is 18.3 Å². The predicted molar refractivity (Wildman–Crippen MR) is 447 cm³/mol.